The highest BCUT2D eigenvalue weighted by Gasteiger charge is 2.02. The first-order chi connectivity index (χ1) is 3.68. The van der Waals surface area contributed by atoms with Crippen LogP contribution in [0.2, 0.25) is 0 Å². The Kier molecular flexibility index (Phi) is 3.03. The van der Waals surface area contributed by atoms with Crippen molar-refractivity contribution < 1.29 is 14.1 Å². The third-order valence-electron chi connectivity index (χ3n) is 0.696. The van der Waals surface area contributed by atoms with Gasteiger partial charge in [-0.1, -0.05) is 0 Å². The summed E-state index contributed by atoms with van der Waals surface area (Å²) in [6.45, 7) is 3.32. The van der Waals surface area contributed by atoms with E-state index in [-0.39, 0.29) is 6.33 Å². The van der Waals surface area contributed by atoms with Crippen LogP contribution in [0, 0.1) is 0 Å². The molecule has 2 nitrogen and oxygen atoms in total. The van der Waals surface area contributed by atoms with Crippen LogP contribution in [0.25, 0.3) is 0 Å². The summed E-state index contributed by atoms with van der Waals surface area (Å²) in [4.78, 5) is 0. The lowest BCUT2D eigenvalue weighted by molar-refractivity contribution is -0.562. The minimum atomic E-state index is -0.917. The van der Waals surface area contributed by atoms with Crippen LogP contribution in [0.5, 0.6) is 0 Å². The number of nitrogens with zero attached hydrogens (tertiary/aromatic N) is 1. The first kappa shape index (κ1) is 7.30. The van der Waals surface area contributed by atoms with E-state index in [2.05, 4.69) is 6.72 Å². The molecule has 1 atom stereocenters. The van der Waals surface area contributed by atoms with Gasteiger partial charge < -0.3 is 5.11 Å². The molecule has 8 heavy (non-hydrogen) atoms. The normalized spacial score (nSPS) is 14.4. The number of hydrogen-bond acceptors (Lipinski definition) is 1. The molecular formula is C5H9FNO+. The van der Waals surface area contributed by atoms with E-state index in [1.165, 1.54) is 4.58 Å². The maximum atomic E-state index is 11.2. The molecule has 0 aromatic heterocycles. The molecular weight excluding hydrogens is 109 g/mol. The van der Waals surface area contributed by atoms with Crippen molar-refractivity contribution in [3.63, 3.8) is 0 Å². The molecule has 3 heteroatoms. The molecule has 0 bridgehead atoms. The lowest BCUT2D eigenvalue weighted by Gasteiger charge is -1.94. The summed E-state index contributed by atoms with van der Waals surface area (Å²) in [5.74, 6) is 0. The van der Waals surface area contributed by atoms with Gasteiger partial charge in [-0.25, -0.2) is 8.97 Å². The Balaban J connectivity index is 3.64. The van der Waals surface area contributed by atoms with Crippen LogP contribution in [0.4, 0.5) is 4.39 Å². The monoisotopic (exact) mass is 118 g/mol. The van der Waals surface area contributed by atoms with Crippen molar-refractivity contribution >= 4 is 6.72 Å². The van der Waals surface area contributed by atoms with E-state index in [1.807, 2.05) is 0 Å². The SMILES string of the molecule is C=[N+](C)C(O)/C=C/F. The third kappa shape index (κ3) is 2.47. The molecule has 0 radical (unpaired) electrons. The molecule has 0 saturated carbocycles. The minimum absolute atomic E-state index is 0.284. The van der Waals surface area contributed by atoms with E-state index in [4.69, 9.17) is 5.11 Å². The van der Waals surface area contributed by atoms with Crippen LogP contribution in [0.3, 0.4) is 0 Å². The molecule has 0 amide bonds. The zero-order chi connectivity index (χ0) is 6.57. The first-order valence-electron chi connectivity index (χ1n) is 2.16. The van der Waals surface area contributed by atoms with Gasteiger partial charge in [0.15, 0.2) is 0 Å². The van der Waals surface area contributed by atoms with Crippen LogP contribution >= 0.6 is 0 Å². The summed E-state index contributed by atoms with van der Waals surface area (Å²) in [6.07, 6.45) is 0.360. The standard InChI is InChI=1S/C5H9FNO/c1-7(2)5(8)3-4-6/h3-5,8H,1H2,2H3/q+1/b4-3+. The average molecular weight is 118 g/mol. The molecule has 1 unspecified atom stereocenters. The summed E-state index contributed by atoms with van der Waals surface area (Å²) < 4.78 is 12.4. The van der Waals surface area contributed by atoms with Gasteiger partial charge in [-0.2, -0.15) is 0 Å². The van der Waals surface area contributed by atoms with E-state index in [9.17, 15) is 4.39 Å². The highest BCUT2D eigenvalue weighted by atomic mass is 19.1. The number of aliphatic hydroxyl groups is 1. The van der Waals surface area contributed by atoms with Gasteiger partial charge in [-0.05, 0) is 0 Å². The highest BCUT2D eigenvalue weighted by molar-refractivity contribution is 5.14. The Labute approximate surface area is 47.6 Å². The van der Waals surface area contributed by atoms with Crippen LogP contribution in [0.15, 0.2) is 12.4 Å². The van der Waals surface area contributed by atoms with Gasteiger partial charge in [0, 0.05) is 6.08 Å². The number of rotatable bonds is 2. The molecule has 0 aromatic rings. The molecule has 0 aliphatic heterocycles. The number of likely N-dealkylation sites (N-methyl/N-ethyl adjacent to an activating group) is 1. The second-order valence-corrected chi connectivity index (χ2v) is 1.49. The predicted octanol–water partition coefficient (Wildman–Crippen LogP) is 0.131. The smallest absolute Gasteiger partial charge is 0.276 e. The first-order valence-corrected chi connectivity index (χ1v) is 2.16. The molecule has 0 fully saturated rings. The van der Waals surface area contributed by atoms with Gasteiger partial charge in [0.25, 0.3) is 6.23 Å². The fourth-order valence-corrected chi connectivity index (χ4v) is 0.212. The van der Waals surface area contributed by atoms with E-state index in [0.717, 1.165) is 6.08 Å². The van der Waals surface area contributed by atoms with Gasteiger partial charge in [-0.3, -0.25) is 0 Å². The number of hydrogen-bond donors (Lipinski definition) is 1. The Bertz CT molecular complexity index is 111. The Morgan fingerprint density at radius 3 is 2.50 bits per heavy atom. The molecule has 0 spiro atoms. The molecule has 0 aromatic carbocycles. The molecule has 0 aliphatic rings. The summed E-state index contributed by atoms with van der Waals surface area (Å²) in [6, 6.07) is 0. The van der Waals surface area contributed by atoms with Crippen LogP contribution in [0.1, 0.15) is 0 Å². The van der Waals surface area contributed by atoms with Crippen molar-refractivity contribution in [2.24, 2.45) is 0 Å². The predicted molar refractivity (Wildman–Crippen MR) is 29.6 cm³/mol. The van der Waals surface area contributed by atoms with Crippen molar-refractivity contribution in [2.75, 3.05) is 7.05 Å². The van der Waals surface area contributed by atoms with Crippen LogP contribution < -0.4 is 0 Å². The summed E-state index contributed by atoms with van der Waals surface area (Å²) in [5.41, 5.74) is 0. The Hall–Kier alpha value is -0.700. The molecule has 1 N–H and O–H groups in total. The average Bonchev–Trinajstić information content (AvgIpc) is 1.67. The fourth-order valence-electron chi connectivity index (χ4n) is 0.212. The van der Waals surface area contributed by atoms with Crippen molar-refractivity contribution in [1.82, 2.24) is 0 Å². The minimum Gasteiger partial charge on any atom is -0.334 e. The summed E-state index contributed by atoms with van der Waals surface area (Å²) >= 11 is 0. The Morgan fingerprint density at radius 2 is 2.38 bits per heavy atom. The van der Waals surface area contributed by atoms with Crippen molar-refractivity contribution in [3.8, 4) is 0 Å². The zero-order valence-corrected chi connectivity index (χ0v) is 4.71. The topological polar surface area (TPSA) is 23.2 Å². The van der Waals surface area contributed by atoms with Crippen LogP contribution in [-0.4, -0.2) is 29.7 Å². The number of aliphatic hydroxyl groups excluding tert-OH is 1. The zero-order valence-electron chi connectivity index (χ0n) is 4.71. The van der Waals surface area contributed by atoms with Gasteiger partial charge in [-0.15, -0.1) is 0 Å². The van der Waals surface area contributed by atoms with E-state index in [1.54, 1.807) is 7.05 Å². The fraction of sp³-hybridized carbons (Fsp3) is 0.400. The van der Waals surface area contributed by atoms with Gasteiger partial charge in [0.05, 0.1) is 6.33 Å². The largest absolute Gasteiger partial charge is 0.334 e. The number of halogens is 1. The van der Waals surface area contributed by atoms with Gasteiger partial charge >= 0.3 is 0 Å². The van der Waals surface area contributed by atoms with Crippen LogP contribution in [-0.2, 0) is 0 Å². The maximum Gasteiger partial charge on any atom is 0.276 e. The quantitative estimate of drug-likeness (QED) is 0.311. The second kappa shape index (κ2) is 3.32. The molecule has 0 aliphatic carbocycles. The molecule has 0 rings (SSSR count). The second-order valence-electron chi connectivity index (χ2n) is 1.49. The lowest BCUT2D eigenvalue weighted by atomic mass is 10.5. The maximum absolute atomic E-state index is 11.2. The van der Waals surface area contributed by atoms with E-state index in [0.29, 0.717) is 0 Å². The van der Waals surface area contributed by atoms with Gasteiger partial charge in [0.2, 0.25) is 0 Å². The lowest BCUT2D eigenvalue weighted by Crippen LogP contribution is -2.17. The molecule has 0 heterocycles. The van der Waals surface area contributed by atoms with E-state index >= 15 is 0 Å². The van der Waals surface area contributed by atoms with Crippen molar-refractivity contribution in [1.29, 1.82) is 0 Å². The van der Waals surface area contributed by atoms with Crippen molar-refractivity contribution in [3.05, 3.63) is 12.4 Å². The highest BCUT2D eigenvalue weighted by Crippen LogP contribution is 1.83. The summed E-state index contributed by atoms with van der Waals surface area (Å²) in [7, 11) is 1.55. The third-order valence-corrected chi connectivity index (χ3v) is 0.696. The van der Waals surface area contributed by atoms with E-state index < -0.39 is 6.23 Å². The van der Waals surface area contributed by atoms with Crippen molar-refractivity contribution in [2.45, 2.75) is 6.23 Å². The van der Waals surface area contributed by atoms with Gasteiger partial charge in [0.1, 0.15) is 13.8 Å². The molecule has 46 valence electrons. The Morgan fingerprint density at radius 1 is 1.88 bits per heavy atom. The molecule has 0 saturated heterocycles. The summed E-state index contributed by atoms with van der Waals surface area (Å²) in [5, 5.41) is 8.66.